The number of rotatable bonds is 2. The number of hydrogen-bond donors (Lipinski definition) is 1. The van der Waals surface area contributed by atoms with Gasteiger partial charge in [0.1, 0.15) is 0 Å². The molecule has 0 aromatic carbocycles. The van der Waals surface area contributed by atoms with E-state index in [2.05, 4.69) is 31.0 Å². The molecule has 1 aliphatic rings. The van der Waals surface area contributed by atoms with Crippen molar-refractivity contribution in [1.29, 1.82) is 0 Å². The third-order valence-electron chi connectivity index (χ3n) is 1.77. The highest BCUT2D eigenvalue weighted by Gasteiger charge is 2.06. The number of hydrogen-bond acceptors (Lipinski definition) is 2. The molecule has 0 amide bonds. The summed E-state index contributed by atoms with van der Waals surface area (Å²) in [4.78, 5) is 4.23. The van der Waals surface area contributed by atoms with Crippen molar-refractivity contribution in [1.82, 2.24) is 0 Å². The molecule has 2 heteroatoms. The van der Waals surface area contributed by atoms with Crippen molar-refractivity contribution in [3.8, 4) is 0 Å². The van der Waals surface area contributed by atoms with Crippen LogP contribution in [0.15, 0.2) is 28.9 Å². The van der Waals surface area contributed by atoms with Gasteiger partial charge in [-0.05, 0) is 17.9 Å². The first-order chi connectivity index (χ1) is 5.74. The van der Waals surface area contributed by atoms with Gasteiger partial charge in [-0.2, -0.15) is 0 Å². The van der Waals surface area contributed by atoms with E-state index in [1.165, 1.54) is 5.57 Å². The zero-order valence-electron chi connectivity index (χ0n) is 7.75. The fourth-order valence-corrected chi connectivity index (χ4v) is 1.27. The molecule has 12 heavy (non-hydrogen) atoms. The van der Waals surface area contributed by atoms with Crippen molar-refractivity contribution in [2.75, 3.05) is 6.54 Å². The molecule has 0 unspecified atom stereocenters. The van der Waals surface area contributed by atoms with E-state index < -0.39 is 0 Å². The first-order valence-electron chi connectivity index (χ1n) is 4.37. The van der Waals surface area contributed by atoms with Crippen LogP contribution in [-0.2, 0) is 0 Å². The number of nitrogens with two attached hydrogens (primary N) is 1. The normalized spacial score (nSPS) is 20.3. The van der Waals surface area contributed by atoms with Crippen LogP contribution in [0.4, 0.5) is 0 Å². The van der Waals surface area contributed by atoms with E-state index in [9.17, 15) is 0 Å². The molecule has 0 saturated carbocycles. The van der Waals surface area contributed by atoms with Crippen molar-refractivity contribution in [2.24, 2.45) is 16.6 Å². The lowest BCUT2D eigenvalue weighted by molar-refractivity contribution is 0.822. The van der Waals surface area contributed by atoms with Crippen LogP contribution in [0.3, 0.4) is 0 Å². The number of allylic oxidation sites excluding steroid dienone is 2. The summed E-state index contributed by atoms with van der Waals surface area (Å²) in [5.74, 6) is 0.572. The monoisotopic (exact) mass is 164 g/mol. The molecule has 66 valence electrons. The first-order valence-corrected chi connectivity index (χ1v) is 4.37. The summed E-state index contributed by atoms with van der Waals surface area (Å²) < 4.78 is 0. The Morgan fingerprint density at radius 2 is 2.42 bits per heavy atom. The lowest BCUT2D eigenvalue weighted by Gasteiger charge is -2.11. The number of aliphatic imine (C=N–C) groups is 1. The summed E-state index contributed by atoms with van der Waals surface area (Å²) >= 11 is 0. The van der Waals surface area contributed by atoms with Crippen LogP contribution in [0.25, 0.3) is 0 Å². The molecule has 0 atom stereocenters. The smallest absolute Gasteiger partial charge is 0.0571 e. The summed E-state index contributed by atoms with van der Waals surface area (Å²) in [6.07, 6.45) is 7.11. The van der Waals surface area contributed by atoms with E-state index in [1.54, 1.807) is 0 Å². The lowest BCUT2D eigenvalue weighted by atomic mass is 10.0. The van der Waals surface area contributed by atoms with Crippen LogP contribution in [0, 0.1) is 5.92 Å². The Balaban J connectivity index is 2.79. The third kappa shape index (κ3) is 2.31. The van der Waals surface area contributed by atoms with E-state index in [4.69, 9.17) is 5.73 Å². The van der Waals surface area contributed by atoms with Crippen molar-refractivity contribution in [3.05, 3.63) is 23.9 Å². The second kappa shape index (κ2) is 4.21. The Hall–Kier alpha value is -0.890. The minimum atomic E-state index is 0.545. The van der Waals surface area contributed by atoms with Gasteiger partial charge in [0.05, 0.1) is 5.71 Å². The summed E-state index contributed by atoms with van der Waals surface area (Å²) in [6, 6.07) is 0. The molecule has 2 nitrogen and oxygen atoms in total. The van der Waals surface area contributed by atoms with E-state index >= 15 is 0 Å². The largest absolute Gasteiger partial charge is 0.325 e. The zero-order chi connectivity index (χ0) is 8.97. The van der Waals surface area contributed by atoms with Gasteiger partial charge in [-0.3, -0.25) is 4.99 Å². The molecule has 0 radical (unpaired) electrons. The maximum atomic E-state index is 5.56. The maximum Gasteiger partial charge on any atom is 0.0571 e. The molecule has 1 aliphatic heterocycles. The Morgan fingerprint density at radius 1 is 1.67 bits per heavy atom. The van der Waals surface area contributed by atoms with Gasteiger partial charge < -0.3 is 5.73 Å². The van der Waals surface area contributed by atoms with Gasteiger partial charge in [0.2, 0.25) is 0 Å². The quantitative estimate of drug-likeness (QED) is 0.665. The number of nitrogens with zero attached hydrogens (tertiary/aromatic N) is 1. The average Bonchev–Trinajstić information content (AvgIpc) is 2.04. The molecule has 1 rings (SSSR count). The van der Waals surface area contributed by atoms with Gasteiger partial charge in [0, 0.05) is 12.7 Å². The molecule has 0 aromatic heterocycles. The van der Waals surface area contributed by atoms with Crippen LogP contribution in [-0.4, -0.2) is 12.3 Å². The average molecular weight is 164 g/mol. The van der Waals surface area contributed by atoms with E-state index in [0.717, 1.165) is 12.1 Å². The lowest BCUT2D eigenvalue weighted by Crippen LogP contribution is -2.17. The molecule has 0 bridgehead atoms. The van der Waals surface area contributed by atoms with Gasteiger partial charge in [0.25, 0.3) is 0 Å². The van der Waals surface area contributed by atoms with Gasteiger partial charge in [-0.25, -0.2) is 0 Å². The molecule has 0 saturated heterocycles. The predicted octanol–water partition coefficient (Wildman–Crippen LogP) is 1.89. The molecular formula is C10H16N2. The molecule has 0 aliphatic carbocycles. The van der Waals surface area contributed by atoms with Crippen LogP contribution in [0.1, 0.15) is 20.3 Å². The Labute approximate surface area is 73.9 Å². The molecule has 0 fully saturated rings. The molecule has 0 spiro atoms. The Morgan fingerprint density at radius 3 is 3.00 bits per heavy atom. The summed E-state index contributed by atoms with van der Waals surface area (Å²) in [5, 5.41) is 0. The zero-order valence-corrected chi connectivity index (χ0v) is 7.75. The fourth-order valence-electron chi connectivity index (χ4n) is 1.27. The molecule has 1 heterocycles. The molecule has 0 aromatic rings. The van der Waals surface area contributed by atoms with Crippen molar-refractivity contribution < 1.29 is 0 Å². The van der Waals surface area contributed by atoms with Crippen molar-refractivity contribution >= 4 is 5.71 Å². The molecular weight excluding hydrogens is 148 g/mol. The maximum absolute atomic E-state index is 5.56. The Kier molecular flexibility index (Phi) is 3.23. The van der Waals surface area contributed by atoms with E-state index in [1.807, 2.05) is 6.20 Å². The first kappa shape index (κ1) is 9.20. The van der Waals surface area contributed by atoms with Gasteiger partial charge in [0.15, 0.2) is 0 Å². The fraction of sp³-hybridized carbons (Fsp3) is 0.500. The van der Waals surface area contributed by atoms with Crippen LogP contribution >= 0.6 is 0 Å². The minimum absolute atomic E-state index is 0.545. The van der Waals surface area contributed by atoms with Gasteiger partial charge in [-0.15, -0.1) is 0 Å². The van der Waals surface area contributed by atoms with Crippen LogP contribution in [0.2, 0.25) is 0 Å². The third-order valence-corrected chi connectivity index (χ3v) is 1.77. The molecule has 2 N–H and O–H groups in total. The van der Waals surface area contributed by atoms with Gasteiger partial charge >= 0.3 is 0 Å². The van der Waals surface area contributed by atoms with Gasteiger partial charge in [-0.1, -0.05) is 26.0 Å². The van der Waals surface area contributed by atoms with Crippen LogP contribution in [0.5, 0.6) is 0 Å². The standard InChI is InChI=1S/C10H16N2/c1-8(2)6-9-4-3-5-12-10(9)7-11/h3,5-6,8H,4,7,11H2,1-2H3. The second-order valence-electron chi connectivity index (χ2n) is 3.30. The van der Waals surface area contributed by atoms with Crippen molar-refractivity contribution in [3.63, 3.8) is 0 Å². The highest BCUT2D eigenvalue weighted by atomic mass is 14.8. The summed E-state index contributed by atoms with van der Waals surface area (Å²) in [6.45, 7) is 4.88. The second-order valence-corrected chi connectivity index (χ2v) is 3.30. The highest BCUT2D eigenvalue weighted by molar-refractivity contribution is 6.02. The Bertz CT molecular complexity index is 234. The minimum Gasteiger partial charge on any atom is -0.325 e. The highest BCUT2D eigenvalue weighted by Crippen LogP contribution is 2.13. The van der Waals surface area contributed by atoms with E-state index in [0.29, 0.717) is 12.5 Å². The topological polar surface area (TPSA) is 38.4 Å². The van der Waals surface area contributed by atoms with Crippen molar-refractivity contribution in [2.45, 2.75) is 20.3 Å². The summed E-state index contributed by atoms with van der Waals surface area (Å²) in [7, 11) is 0. The van der Waals surface area contributed by atoms with Crippen LogP contribution < -0.4 is 5.73 Å². The predicted molar refractivity (Wildman–Crippen MR) is 53.2 cm³/mol. The SMILES string of the molecule is CC(C)C=C1CC=CN=C1CN. The summed E-state index contributed by atoms with van der Waals surface area (Å²) in [5.41, 5.74) is 7.88. The van der Waals surface area contributed by atoms with E-state index in [-0.39, 0.29) is 0 Å².